The van der Waals surface area contributed by atoms with Crippen LogP contribution in [0.4, 0.5) is 19.3 Å². The number of rotatable bonds is 6. The molecule has 0 saturated carbocycles. The Bertz CT molecular complexity index is 428. The fourth-order valence-electron chi connectivity index (χ4n) is 1.23. The molecule has 0 fully saturated rings. The van der Waals surface area contributed by atoms with Gasteiger partial charge in [0.15, 0.2) is 11.5 Å². The van der Waals surface area contributed by atoms with Crippen molar-refractivity contribution in [2.75, 3.05) is 25.6 Å². The van der Waals surface area contributed by atoms with E-state index in [4.69, 9.17) is 9.84 Å². The zero-order valence-electron chi connectivity index (χ0n) is 10.1. The molecule has 1 amide bonds. The minimum absolute atomic E-state index is 0.106. The van der Waals surface area contributed by atoms with Crippen LogP contribution in [0.1, 0.15) is 0 Å². The van der Waals surface area contributed by atoms with E-state index in [1.165, 1.54) is 25.3 Å². The number of amides is 1. The molecule has 19 heavy (non-hydrogen) atoms. The van der Waals surface area contributed by atoms with Crippen LogP contribution in [0.25, 0.3) is 0 Å². The predicted molar refractivity (Wildman–Crippen MR) is 61.7 cm³/mol. The molecular weight excluding hydrogens is 264 g/mol. The molecule has 0 aliphatic heterocycles. The van der Waals surface area contributed by atoms with Gasteiger partial charge in [-0.2, -0.15) is 8.78 Å². The molecule has 0 aromatic heterocycles. The van der Waals surface area contributed by atoms with Crippen LogP contribution in [0.15, 0.2) is 18.2 Å². The van der Waals surface area contributed by atoms with Gasteiger partial charge in [-0.1, -0.05) is 0 Å². The van der Waals surface area contributed by atoms with Crippen LogP contribution in [-0.4, -0.2) is 38.1 Å². The minimum Gasteiger partial charge on any atom is -0.493 e. The van der Waals surface area contributed by atoms with Crippen molar-refractivity contribution in [1.82, 2.24) is 0 Å². The number of alkyl halides is 2. The van der Waals surface area contributed by atoms with E-state index in [2.05, 4.69) is 14.8 Å². The molecule has 0 heterocycles. The van der Waals surface area contributed by atoms with Gasteiger partial charge in [0.2, 0.25) is 0 Å². The Balaban J connectivity index is 2.77. The Morgan fingerprint density at radius 2 is 2.16 bits per heavy atom. The summed E-state index contributed by atoms with van der Waals surface area (Å²) < 4.78 is 38.0. The number of ether oxygens (including phenoxy) is 3. The first-order valence-electron chi connectivity index (χ1n) is 5.24. The molecule has 1 aromatic rings. The Hall–Kier alpha value is -2.09. The SMILES string of the molecule is COc1ccc(NC(=O)OCCO)cc1OC(F)F. The third-order valence-electron chi connectivity index (χ3n) is 1.95. The number of methoxy groups -OCH3 is 1. The van der Waals surface area contributed by atoms with Gasteiger partial charge in [-0.05, 0) is 12.1 Å². The quantitative estimate of drug-likeness (QED) is 0.829. The maximum absolute atomic E-state index is 12.2. The molecule has 2 N–H and O–H groups in total. The third-order valence-corrected chi connectivity index (χ3v) is 1.95. The van der Waals surface area contributed by atoms with Gasteiger partial charge in [-0.15, -0.1) is 0 Å². The lowest BCUT2D eigenvalue weighted by atomic mass is 10.3. The topological polar surface area (TPSA) is 77.0 Å². The lowest BCUT2D eigenvalue weighted by Gasteiger charge is -2.12. The summed E-state index contributed by atoms with van der Waals surface area (Å²) in [7, 11) is 1.30. The van der Waals surface area contributed by atoms with E-state index < -0.39 is 12.7 Å². The van der Waals surface area contributed by atoms with Gasteiger partial charge in [0.05, 0.1) is 13.7 Å². The standard InChI is InChI=1S/C11H13F2NO5/c1-17-8-3-2-7(6-9(8)19-10(12)13)14-11(16)18-5-4-15/h2-3,6,10,15H,4-5H2,1H3,(H,14,16). The predicted octanol–water partition coefficient (Wildman–Crippen LogP) is 1.84. The van der Waals surface area contributed by atoms with Crippen molar-refractivity contribution in [3.05, 3.63) is 18.2 Å². The highest BCUT2D eigenvalue weighted by molar-refractivity contribution is 5.85. The van der Waals surface area contributed by atoms with Crippen LogP contribution in [0, 0.1) is 0 Å². The summed E-state index contributed by atoms with van der Waals surface area (Å²) in [5.74, 6) is -0.105. The molecule has 0 spiro atoms. The zero-order valence-corrected chi connectivity index (χ0v) is 10.1. The second-order valence-corrected chi connectivity index (χ2v) is 3.23. The Morgan fingerprint density at radius 1 is 1.42 bits per heavy atom. The van der Waals surface area contributed by atoms with Crippen molar-refractivity contribution in [1.29, 1.82) is 0 Å². The Morgan fingerprint density at radius 3 is 2.74 bits per heavy atom. The van der Waals surface area contributed by atoms with Crippen molar-refractivity contribution >= 4 is 11.8 Å². The monoisotopic (exact) mass is 277 g/mol. The van der Waals surface area contributed by atoms with Crippen LogP contribution in [0.2, 0.25) is 0 Å². The van der Waals surface area contributed by atoms with E-state index in [-0.39, 0.29) is 30.4 Å². The Labute approximate surface area is 107 Å². The second kappa shape index (κ2) is 7.37. The van der Waals surface area contributed by atoms with Gasteiger partial charge in [0.25, 0.3) is 0 Å². The van der Waals surface area contributed by atoms with Crippen LogP contribution >= 0.6 is 0 Å². The molecule has 0 atom stereocenters. The highest BCUT2D eigenvalue weighted by Gasteiger charge is 2.12. The van der Waals surface area contributed by atoms with E-state index in [9.17, 15) is 13.6 Å². The third kappa shape index (κ3) is 4.96. The maximum Gasteiger partial charge on any atom is 0.411 e. The van der Waals surface area contributed by atoms with E-state index in [1.54, 1.807) is 0 Å². The lowest BCUT2D eigenvalue weighted by Crippen LogP contribution is -2.16. The minimum atomic E-state index is -3.01. The fraction of sp³-hybridized carbons (Fsp3) is 0.364. The van der Waals surface area contributed by atoms with Crippen molar-refractivity contribution in [2.45, 2.75) is 6.61 Å². The summed E-state index contributed by atoms with van der Waals surface area (Å²) in [6.07, 6.45) is -0.817. The molecule has 0 unspecified atom stereocenters. The molecule has 6 nitrogen and oxygen atoms in total. The highest BCUT2D eigenvalue weighted by atomic mass is 19.3. The number of halogens is 2. The van der Waals surface area contributed by atoms with Crippen molar-refractivity contribution in [3.63, 3.8) is 0 Å². The summed E-state index contributed by atoms with van der Waals surface area (Å²) in [4.78, 5) is 11.2. The number of hydrogen-bond donors (Lipinski definition) is 2. The lowest BCUT2D eigenvalue weighted by molar-refractivity contribution is -0.0511. The molecule has 0 aliphatic carbocycles. The largest absolute Gasteiger partial charge is 0.493 e. The molecule has 0 bridgehead atoms. The summed E-state index contributed by atoms with van der Waals surface area (Å²) in [5, 5.41) is 10.8. The number of nitrogens with one attached hydrogen (secondary N) is 1. The summed E-state index contributed by atoms with van der Waals surface area (Å²) >= 11 is 0. The van der Waals surface area contributed by atoms with E-state index >= 15 is 0 Å². The molecular formula is C11H13F2NO5. The smallest absolute Gasteiger partial charge is 0.411 e. The van der Waals surface area contributed by atoms with Gasteiger partial charge >= 0.3 is 12.7 Å². The van der Waals surface area contributed by atoms with Gasteiger partial charge < -0.3 is 19.3 Å². The van der Waals surface area contributed by atoms with Gasteiger partial charge in [0, 0.05) is 11.8 Å². The van der Waals surface area contributed by atoms with E-state index in [1.807, 2.05) is 0 Å². The van der Waals surface area contributed by atoms with Crippen LogP contribution < -0.4 is 14.8 Å². The fourth-order valence-corrected chi connectivity index (χ4v) is 1.23. The zero-order chi connectivity index (χ0) is 14.3. The molecule has 1 aromatic carbocycles. The Kier molecular flexibility index (Phi) is 5.80. The normalized spacial score (nSPS) is 10.2. The maximum atomic E-state index is 12.2. The number of aliphatic hydroxyl groups is 1. The van der Waals surface area contributed by atoms with Gasteiger partial charge in [-0.3, -0.25) is 5.32 Å². The second-order valence-electron chi connectivity index (χ2n) is 3.23. The van der Waals surface area contributed by atoms with Gasteiger partial charge in [0.1, 0.15) is 6.61 Å². The van der Waals surface area contributed by atoms with Crippen LogP contribution in [-0.2, 0) is 4.74 Å². The van der Waals surface area contributed by atoms with Gasteiger partial charge in [-0.25, -0.2) is 4.79 Å². The number of carbonyl (C=O) groups excluding carboxylic acids is 1. The number of anilines is 1. The first-order valence-corrected chi connectivity index (χ1v) is 5.24. The molecule has 8 heteroatoms. The van der Waals surface area contributed by atoms with Crippen LogP contribution in [0.5, 0.6) is 11.5 Å². The molecule has 1 rings (SSSR count). The van der Waals surface area contributed by atoms with E-state index in [0.29, 0.717) is 0 Å². The van der Waals surface area contributed by atoms with Crippen molar-refractivity contribution < 1.29 is 32.9 Å². The first-order chi connectivity index (χ1) is 9.06. The first kappa shape index (κ1) is 15.0. The molecule has 0 aliphatic rings. The molecule has 0 saturated heterocycles. The summed E-state index contributed by atoms with van der Waals surface area (Å²) in [6, 6.07) is 3.96. The molecule has 106 valence electrons. The average Bonchev–Trinajstić information content (AvgIpc) is 2.36. The number of aliphatic hydroxyl groups excluding tert-OH is 1. The molecule has 0 radical (unpaired) electrons. The highest BCUT2D eigenvalue weighted by Crippen LogP contribution is 2.31. The number of benzene rings is 1. The van der Waals surface area contributed by atoms with Crippen molar-refractivity contribution in [2.24, 2.45) is 0 Å². The summed E-state index contributed by atoms with van der Waals surface area (Å²) in [5.41, 5.74) is 0.194. The number of carbonyl (C=O) groups is 1. The average molecular weight is 277 g/mol. The number of hydrogen-bond acceptors (Lipinski definition) is 5. The van der Waals surface area contributed by atoms with Crippen LogP contribution in [0.3, 0.4) is 0 Å². The summed E-state index contributed by atoms with van der Waals surface area (Å²) in [6.45, 7) is -3.48. The van der Waals surface area contributed by atoms with Crippen molar-refractivity contribution in [3.8, 4) is 11.5 Å². The van der Waals surface area contributed by atoms with E-state index in [0.717, 1.165) is 0 Å².